The Morgan fingerprint density at radius 3 is 2.88 bits per heavy atom. The van der Waals surface area contributed by atoms with Crippen molar-refractivity contribution in [2.24, 2.45) is 0 Å². The number of fused-ring (bicyclic) bond motifs is 1. The van der Waals surface area contributed by atoms with Crippen molar-refractivity contribution in [3.05, 3.63) is 20.3 Å². The summed E-state index contributed by atoms with van der Waals surface area (Å²) in [5.74, 6) is 0. The zero-order valence-electron chi connectivity index (χ0n) is 9.87. The first-order valence-electron chi connectivity index (χ1n) is 5.85. The van der Waals surface area contributed by atoms with Gasteiger partial charge in [0.15, 0.2) is 0 Å². The van der Waals surface area contributed by atoms with Crippen LogP contribution in [-0.2, 0) is 6.42 Å². The summed E-state index contributed by atoms with van der Waals surface area (Å²) in [6.07, 6.45) is 3.36. The molecule has 5 heteroatoms. The van der Waals surface area contributed by atoms with E-state index in [1.807, 2.05) is 6.92 Å². The fourth-order valence-corrected chi connectivity index (χ4v) is 4.05. The molecular weight excluding hydrogens is 302 g/mol. The molecule has 1 unspecified atom stereocenters. The second-order valence-electron chi connectivity index (χ2n) is 4.90. The average Bonchev–Trinajstić information content (AvgIpc) is 2.70. The highest BCUT2D eigenvalue weighted by atomic mass is 79.9. The molecule has 3 N–H and O–H groups in total. The first kappa shape index (κ1) is 13.5. The van der Waals surface area contributed by atoms with E-state index in [4.69, 9.17) is 0 Å². The maximum atomic E-state index is 9.34. The van der Waals surface area contributed by atoms with Crippen molar-refractivity contribution >= 4 is 27.3 Å². The highest BCUT2D eigenvalue weighted by Gasteiger charge is 2.30. The zero-order chi connectivity index (χ0) is 12.5. The first-order chi connectivity index (χ1) is 8.08. The number of hydrogen-bond donors (Lipinski definition) is 3. The van der Waals surface area contributed by atoms with Crippen molar-refractivity contribution < 1.29 is 10.2 Å². The molecule has 2 rings (SSSR count). The normalized spacial score (nSPS) is 20.4. The lowest BCUT2D eigenvalue weighted by molar-refractivity contribution is 0.0915. The van der Waals surface area contributed by atoms with Crippen LogP contribution in [-0.4, -0.2) is 29.0 Å². The quantitative estimate of drug-likeness (QED) is 0.797. The van der Waals surface area contributed by atoms with Gasteiger partial charge >= 0.3 is 0 Å². The van der Waals surface area contributed by atoms with Gasteiger partial charge in [0.05, 0.1) is 22.5 Å². The van der Waals surface area contributed by atoms with Gasteiger partial charge in [0, 0.05) is 10.9 Å². The van der Waals surface area contributed by atoms with E-state index in [-0.39, 0.29) is 19.3 Å². The van der Waals surface area contributed by atoms with Gasteiger partial charge in [-0.1, -0.05) is 0 Å². The summed E-state index contributed by atoms with van der Waals surface area (Å²) in [5, 5.41) is 22.1. The molecule has 1 aromatic rings. The zero-order valence-corrected chi connectivity index (χ0v) is 12.3. The third-order valence-electron chi connectivity index (χ3n) is 3.30. The van der Waals surface area contributed by atoms with Crippen LogP contribution in [0, 0.1) is 0 Å². The number of thiophene rings is 1. The lowest BCUT2D eigenvalue weighted by Crippen LogP contribution is -2.50. The fraction of sp³-hybridized carbons (Fsp3) is 0.667. The van der Waals surface area contributed by atoms with Gasteiger partial charge in [-0.2, -0.15) is 0 Å². The Hall–Kier alpha value is 0.0600. The van der Waals surface area contributed by atoms with Crippen molar-refractivity contribution in [1.29, 1.82) is 0 Å². The van der Waals surface area contributed by atoms with Crippen LogP contribution in [0.15, 0.2) is 9.85 Å². The van der Waals surface area contributed by atoms with Crippen LogP contribution in [0.25, 0.3) is 0 Å². The molecule has 0 amide bonds. The summed E-state index contributed by atoms with van der Waals surface area (Å²) in [6, 6.07) is 2.40. The second kappa shape index (κ2) is 5.36. The van der Waals surface area contributed by atoms with Gasteiger partial charge in [0.25, 0.3) is 0 Å². The van der Waals surface area contributed by atoms with Crippen molar-refractivity contribution in [3.63, 3.8) is 0 Å². The molecule has 0 saturated carbocycles. The predicted octanol–water partition coefficient (Wildman–Crippen LogP) is 2.22. The van der Waals surface area contributed by atoms with Gasteiger partial charge in [-0.3, -0.25) is 0 Å². The topological polar surface area (TPSA) is 52.5 Å². The van der Waals surface area contributed by atoms with Crippen molar-refractivity contribution in [1.82, 2.24) is 5.32 Å². The van der Waals surface area contributed by atoms with Crippen LogP contribution in [0.1, 0.15) is 36.2 Å². The summed E-state index contributed by atoms with van der Waals surface area (Å²) in [5.41, 5.74) is 0.717. The molecule has 0 radical (unpaired) electrons. The van der Waals surface area contributed by atoms with E-state index in [1.54, 1.807) is 11.3 Å². The van der Waals surface area contributed by atoms with E-state index in [1.165, 1.54) is 10.4 Å². The highest BCUT2D eigenvalue weighted by molar-refractivity contribution is 9.11. The Labute approximate surface area is 114 Å². The van der Waals surface area contributed by atoms with Crippen LogP contribution in [0.3, 0.4) is 0 Å². The maximum absolute atomic E-state index is 9.34. The SMILES string of the molecule is CC(CO)(CO)NC1CCCc2sc(Br)cc21. The van der Waals surface area contributed by atoms with E-state index in [2.05, 4.69) is 27.3 Å². The molecule has 1 atom stereocenters. The molecule has 0 aromatic carbocycles. The van der Waals surface area contributed by atoms with E-state index in [9.17, 15) is 10.2 Å². The molecule has 1 aliphatic carbocycles. The van der Waals surface area contributed by atoms with Gasteiger partial charge in [-0.15, -0.1) is 11.3 Å². The lowest BCUT2D eigenvalue weighted by atomic mass is 9.91. The molecule has 0 spiro atoms. The molecule has 0 saturated heterocycles. The largest absolute Gasteiger partial charge is 0.394 e. The minimum Gasteiger partial charge on any atom is -0.394 e. The molecule has 0 aliphatic heterocycles. The van der Waals surface area contributed by atoms with E-state index in [0.717, 1.165) is 23.0 Å². The Morgan fingerprint density at radius 1 is 1.53 bits per heavy atom. The smallest absolute Gasteiger partial charge is 0.0704 e. The molecule has 1 aliphatic rings. The van der Waals surface area contributed by atoms with Gasteiger partial charge in [0.1, 0.15) is 0 Å². The van der Waals surface area contributed by atoms with Gasteiger partial charge < -0.3 is 15.5 Å². The molecule has 17 heavy (non-hydrogen) atoms. The van der Waals surface area contributed by atoms with Crippen LogP contribution in [0.5, 0.6) is 0 Å². The molecule has 3 nitrogen and oxygen atoms in total. The van der Waals surface area contributed by atoms with E-state index >= 15 is 0 Å². The second-order valence-corrected chi connectivity index (χ2v) is 7.41. The van der Waals surface area contributed by atoms with Crippen LogP contribution in [0.2, 0.25) is 0 Å². The molecule has 0 fully saturated rings. The molecule has 1 aromatic heterocycles. The van der Waals surface area contributed by atoms with Gasteiger partial charge in [0.2, 0.25) is 0 Å². The standard InChI is InChI=1S/C12H18BrNO2S/c1-12(6-15,7-16)14-9-3-2-4-10-8(9)5-11(13)17-10/h5,9,14-16H,2-4,6-7H2,1H3. The van der Waals surface area contributed by atoms with Crippen molar-refractivity contribution in [3.8, 4) is 0 Å². The average molecular weight is 320 g/mol. The van der Waals surface area contributed by atoms with Gasteiger partial charge in [-0.25, -0.2) is 0 Å². The molecule has 96 valence electrons. The minimum atomic E-state index is -0.603. The first-order valence-corrected chi connectivity index (χ1v) is 7.46. The van der Waals surface area contributed by atoms with Crippen molar-refractivity contribution in [2.45, 2.75) is 37.8 Å². The summed E-state index contributed by atoms with van der Waals surface area (Å²) in [7, 11) is 0. The molecule has 0 bridgehead atoms. The number of aryl methyl sites for hydroxylation is 1. The minimum absolute atomic E-state index is 0.0549. The monoisotopic (exact) mass is 319 g/mol. The lowest BCUT2D eigenvalue weighted by Gasteiger charge is -2.34. The van der Waals surface area contributed by atoms with E-state index < -0.39 is 5.54 Å². The van der Waals surface area contributed by atoms with Crippen LogP contribution >= 0.6 is 27.3 Å². The Kier molecular flexibility index (Phi) is 4.26. The molecular formula is C12H18BrNO2S. The Morgan fingerprint density at radius 2 is 2.24 bits per heavy atom. The Bertz CT molecular complexity index is 390. The highest BCUT2D eigenvalue weighted by Crippen LogP contribution is 2.38. The number of aliphatic hydroxyl groups is 2. The third kappa shape index (κ3) is 2.90. The number of halogens is 1. The number of rotatable bonds is 4. The number of nitrogens with one attached hydrogen (secondary N) is 1. The predicted molar refractivity (Wildman–Crippen MR) is 73.4 cm³/mol. The summed E-state index contributed by atoms with van der Waals surface area (Å²) >= 11 is 5.31. The number of hydrogen-bond acceptors (Lipinski definition) is 4. The van der Waals surface area contributed by atoms with E-state index in [0.29, 0.717) is 0 Å². The maximum Gasteiger partial charge on any atom is 0.0704 e. The number of aliphatic hydroxyl groups excluding tert-OH is 2. The Balaban J connectivity index is 2.18. The third-order valence-corrected chi connectivity index (χ3v) is 5.02. The summed E-state index contributed by atoms with van der Waals surface area (Å²) < 4.78 is 1.16. The van der Waals surface area contributed by atoms with Gasteiger partial charge in [-0.05, 0) is 53.7 Å². The summed E-state index contributed by atoms with van der Waals surface area (Å²) in [6.45, 7) is 1.74. The summed E-state index contributed by atoms with van der Waals surface area (Å²) in [4.78, 5) is 1.42. The van der Waals surface area contributed by atoms with Crippen LogP contribution < -0.4 is 5.32 Å². The fourth-order valence-electron chi connectivity index (χ4n) is 2.23. The van der Waals surface area contributed by atoms with Crippen LogP contribution in [0.4, 0.5) is 0 Å². The molecule has 1 heterocycles. The van der Waals surface area contributed by atoms with Crippen molar-refractivity contribution in [2.75, 3.05) is 13.2 Å².